The van der Waals surface area contributed by atoms with Gasteiger partial charge < -0.3 is 14.4 Å². The van der Waals surface area contributed by atoms with E-state index in [1.54, 1.807) is 0 Å². The molecule has 3 heterocycles. The highest BCUT2D eigenvalue weighted by Crippen LogP contribution is 2.56. The van der Waals surface area contributed by atoms with Crippen LogP contribution in [0.5, 0.6) is 23.0 Å². The molecule has 260 valence electrons. The lowest BCUT2D eigenvalue weighted by atomic mass is 9.81. The molecule has 0 saturated carbocycles. The fourth-order valence-electron chi connectivity index (χ4n) is 9.47. The molecule has 0 N–H and O–H groups in total. The van der Waals surface area contributed by atoms with Gasteiger partial charge in [0.2, 0.25) is 0 Å². The first-order valence-electron chi connectivity index (χ1n) is 18.9. The molecule has 0 fully saturated rings. The molecule has 55 heavy (non-hydrogen) atoms. The molecule has 0 atom stereocenters. The van der Waals surface area contributed by atoms with Gasteiger partial charge in [0, 0.05) is 27.6 Å². The number of ether oxygens (including phenoxy) is 2. The van der Waals surface area contributed by atoms with Crippen molar-refractivity contribution in [2.24, 2.45) is 0 Å². The molecule has 0 unspecified atom stereocenters. The molecule has 0 saturated heterocycles. The predicted molar refractivity (Wildman–Crippen MR) is 224 cm³/mol. The summed E-state index contributed by atoms with van der Waals surface area (Å²) in [5.74, 6) is 3.34. The molecule has 0 amide bonds. The van der Waals surface area contributed by atoms with Gasteiger partial charge in [-0.2, -0.15) is 0 Å². The largest absolute Gasteiger partial charge is 0.453 e. The fraction of sp³-hybridized carbons (Fsp3) is 0.0588. The third-order valence-corrected chi connectivity index (χ3v) is 11.9. The van der Waals surface area contributed by atoms with Gasteiger partial charge in [-0.05, 0) is 105 Å². The van der Waals surface area contributed by atoms with Crippen LogP contribution in [0.1, 0.15) is 25.0 Å². The van der Waals surface area contributed by atoms with E-state index in [2.05, 4.69) is 175 Å². The van der Waals surface area contributed by atoms with E-state index in [4.69, 9.17) is 9.47 Å². The molecule has 4 nitrogen and oxygen atoms in total. The normalized spacial score (nSPS) is 13.7. The summed E-state index contributed by atoms with van der Waals surface area (Å²) in [6.45, 7) is 4.72. The van der Waals surface area contributed by atoms with Crippen molar-refractivity contribution >= 4 is 38.9 Å². The van der Waals surface area contributed by atoms with Crippen molar-refractivity contribution in [1.29, 1.82) is 0 Å². The highest BCUT2D eigenvalue weighted by Gasteiger charge is 2.39. The predicted octanol–water partition coefficient (Wildman–Crippen LogP) is 14.1. The number of para-hydroxylation sites is 2. The van der Waals surface area contributed by atoms with E-state index in [0.717, 1.165) is 73.0 Å². The van der Waals surface area contributed by atoms with Gasteiger partial charge in [-0.1, -0.05) is 123 Å². The third kappa shape index (κ3) is 4.22. The zero-order valence-electron chi connectivity index (χ0n) is 30.4. The van der Waals surface area contributed by atoms with Crippen molar-refractivity contribution in [3.05, 3.63) is 181 Å². The topological polar surface area (TPSA) is 26.6 Å². The number of hydrogen-bond acceptors (Lipinski definition) is 3. The van der Waals surface area contributed by atoms with Gasteiger partial charge in [0.1, 0.15) is 5.69 Å². The number of benzene rings is 8. The van der Waals surface area contributed by atoms with Gasteiger partial charge in [0.05, 0.1) is 16.7 Å². The van der Waals surface area contributed by atoms with E-state index in [0.29, 0.717) is 0 Å². The van der Waals surface area contributed by atoms with Crippen LogP contribution in [0.15, 0.2) is 170 Å². The second-order valence-corrected chi connectivity index (χ2v) is 15.3. The Hall–Kier alpha value is -7.04. The zero-order chi connectivity index (χ0) is 36.4. The Morgan fingerprint density at radius 3 is 1.80 bits per heavy atom. The third-order valence-electron chi connectivity index (χ3n) is 11.9. The van der Waals surface area contributed by atoms with E-state index in [-0.39, 0.29) is 5.41 Å². The van der Waals surface area contributed by atoms with Crippen molar-refractivity contribution in [2.75, 3.05) is 4.90 Å². The van der Waals surface area contributed by atoms with Crippen molar-refractivity contribution < 1.29 is 9.47 Å². The smallest absolute Gasteiger partial charge is 0.155 e. The van der Waals surface area contributed by atoms with E-state index >= 15 is 0 Å². The Labute approximate surface area is 319 Å². The van der Waals surface area contributed by atoms with Crippen LogP contribution in [-0.4, -0.2) is 4.57 Å². The summed E-state index contributed by atoms with van der Waals surface area (Å²) >= 11 is 0. The maximum absolute atomic E-state index is 6.65. The number of aromatic nitrogens is 1. The molecular formula is C51H34N2O2. The molecular weight excluding hydrogens is 673 g/mol. The Balaban J connectivity index is 1.01. The minimum absolute atomic E-state index is 0.174. The molecule has 0 radical (unpaired) electrons. The number of nitrogens with zero attached hydrogens (tertiary/aromatic N) is 2. The number of anilines is 3. The van der Waals surface area contributed by atoms with Crippen LogP contribution in [0, 0.1) is 0 Å². The van der Waals surface area contributed by atoms with Crippen LogP contribution in [0.4, 0.5) is 17.1 Å². The van der Waals surface area contributed by atoms with Crippen LogP contribution >= 0.6 is 0 Å². The summed E-state index contributed by atoms with van der Waals surface area (Å²) < 4.78 is 15.4. The molecule has 12 rings (SSSR count). The van der Waals surface area contributed by atoms with Gasteiger partial charge in [-0.3, -0.25) is 4.57 Å². The van der Waals surface area contributed by atoms with E-state index in [9.17, 15) is 0 Å². The molecule has 4 heteroatoms. The second kappa shape index (κ2) is 11.0. The maximum Gasteiger partial charge on any atom is 0.155 e. The minimum atomic E-state index is -0.174. The van der Waals surface area contributed by atoms with E-state index < -0.39 is 0 Å². The zero-order valence-corrected chi connectivity index (χ0v) is 30.4. The Morgan fingerprint density at radius 2 is 1.04 bits per heavy atom. The van der Waals surface area contributed by atoms with Crippen molar-refractivity contribution in [3.63, 3.8) is 0 Å². The first-order valence-corrected chi connectivity index (χ1v) is 18.9. The van der Waals surface area contributed by atoms with Crippen molar-refractivity contribution in [2.45, 2.75) is 19.3 Å². The summed E-state index contributed by atoms with van der Waals surface area (Å²) in [6, 6.07) is 61.1. The summed E-state index contributed by atoms with van der Waals surface area (Å²) in [5, 5.41) is 2.31. The van der Waals surface area contributed by atoms with Crippen LogP contribution in [0.2, 0.25) is 0 Å². The van der Waals surface area contributed by atoms with Crippen molar-refractivity contribution in [3.8, 4) is 62.1 Å². The molecule has 1 aliphatic carbocycles. The van der Waals surface area contributed by atoms with E-state index in [1.807, 2.05) is 18.2 Å². The average molecular weight is 707 g/mol. The van der Waals surface area contributed by atoms with Crippen LogP contribution in [-0.2, 0) is 5.41 Å². The molecule has 2 aliphatic heterocycles. The molecule has 8 aromatic carbocycles. The van der Waals surface area contributed by atoms with Gasteiger partial charge in [0.15, 0.2) is 23.0 Å². The molecule has 0 bridgehead atoms. The van der Waals surface area contributed by atoms with Crippen LogP contribution < -0.4 is 14.4 Å². The Kier molecular flexibility index (Phi) is 6.09. The summed E-state index contributed by atoms with van der Waals surface area (Å²) in [5.41, 5.74) is 16.3. The molecule has 0 spiro atoms. The lowest BCUT2D eigenvalue weighted by Crippen LogP contribution is -2.20. The summed E-state index contributed by atoms with van der Waals surface area (Å²) in [4.78, 5) is 2.43. The maximum atomic E-state index is 6.65. The lowest BCUT2D eigenvalue weighted by Gasteiger charge is -2.32. The quantitative estimate of drug-likeness (QED) is 0.178. The monoisotopic (exact) mass is 706 g/mol. The van der Waals surface area contributed by atoms with Crippen molar-refractivity contribution in [1.82, 2.24) is 4.57 Å². The SMILES string of the molecule is CC1(C)c2ccccc2-c2cccc(N(c3ccc(-c4ccccc4)cc3)c3ccc(-c4cc5c6c(c4)c4cccc7c4n6-c4c(cccc4O5)O7)cc3)c21. The first-order chi connectivity index (χ1) is 27.0. The first kappa shape index (κ1) is 30.4. The Morgan fingerprint density at radius 1 is 0.455 bits per heavy atom. The number of rotatable bonds is 5. The number of fused-ring (bicyclic) bond motifs is 4. The van der Waals surface area contributed by atoms with Gasteiger partial charge in [-0.15, -0.1) is 0 Å². The van der Waals surface area contributed by atoms with Crippen LogP contribution in [0.3, 0.4) is 0 Å². The molecule has 1 aromatic heterocycles. The summed E-state index contributed by atoms with van der Waals surface area (Å²) in [6.07, 6.45) is 0. The van der Waals surface area contributed by atoms with Gasteiger partial charge >= 0.3 is 0 Å². The van der Waals surface area contributed by atoms with Gasteiger partial charge in [-0.25, -0.2) is 0 Å². The Bertz CT molecular complexity index is 3050. The summed E-state index contributed by atoms with van der Waals surface area (Å²) in [7, 11) is 0. The number of hydrogen-bond donors (Lipinski definition) is 0. The lowest BCUT2D eigenvalue weighted by molar-refractivity contribution is 0.444. The van der Waals surface area contributed by atoms with Gasteiger partial charge in [0.25, 0.3) is 0 Å². The highest BCUT2D eigenvalue weighted by molar-refractivity contribution is 6.16. The highest BCUT2D eigenvalue weighted by atomic mass is 16.5. The average Bonchev–Trinajstić information content (AvgIpc) is 3.69. The van der Waals surface area contributed by atoms with E-state index in [1.165, 1.54) is 39.1 Å². The second-order valence-electron chi connectivity index (χ2n) is 15.3. The fourth-order valence-corrected chi connectivity index (χ4v) is 9.47. The molecule has 3 aliphatic rings. The molecule has 9 aromatic rings. The minimum Gasteiger partial charge on any atom is -0.453 e. The van der Waals surface area contributed by atoms with Crippen LogP contribution in [0.25, 0.3) is 60.9 Å². The standard InChI is InChI=1S/C51H34N2O2/c1-51(2)41-16-7-6-13-37(41)38-14-8-17-42(47(38)51)52(35-25-21-32(22-26-35)31-11-4-3-5-12-31)36-27-23-33(24-28-36)34-29-40-39-15-9-18-43-48(39)53-49(40)46(30-34)55-45-20-10-19-44(54-43)50(45)53/h3-30H,1-2H3.